The topological polar surface area (TPSA) is 26.3 Å². The first-order valence-corrected chi connectivity index (χ1v) is 4.46. The van der Waals surface area contributed by atoms with Crippen LogP contribution in [0.1, 0.15) is 15.9 Å². The Hall–Kier alpha value is -1.73. The van der Waals surface area contributed by atoms with Gasteiger partial charge in [-0.15, -0.1) is 0 Å². The molecule has 8 heteroatoms. The van der Waals surface area contributed by atoms with Gasteiger partial charge in [0.1, 0.15) is 5.56 Å². The van der Waals surface area contributed by atoms with Gasteiger partial charge in [0.25, 0.3) is 0 Å². The normalized spacial score (nSPS) is 11.8. The molecule has 0 aromatic heterocycles. The molecule has 0 amide bonds. The number of alkyl halides is 5. The number of ether oxygens (including phenoxy) is 1. The van der Waals surface area contributed by atoms with Crippen molar-refractivity contribution in [3.63, 3.8) is 0 Å². The predicted octanol–water partition coefficient (Wildman–Crippen LogP) is 3.30. The van der Waals surface area contributed by atoms with E-state index in [0.717, 1.165) is 7.11 Å². The maximum absolute atomic E-state index is 13.5. The number of methoxy groups -OCH3 is 1. The quantitative estimate of drug-likeness (QED) is 0.623. The van der Waals surface area contributed by atoms with Crippen molar-refractivity contribution >= 4 is 5.78 Å². The van der Waals surface area contributed by atoms with Crippen LogP contribution in [0.3, 0.4) is 0 Å². The molecule has 1 rings (SSSR count). The Bertz CT molecular complexity index is 466. The third kappa shape index (κ3) is 2.57. The fourth-order valence-corrected chi connectivity index (χ4v) is 1.29. The maximum Gasteiger partial charge on any atom is 0.420 e. The lowest BCUT2D eigenvalue weighted by Gasteiger charge is -2.14. The summed E-state index contributed by atoms with van der Waals surface area (Å²) in [6.45, 7) is 0. The van der Waals surface area contributed by atoms with Gasteiger partial charge in [0.05, 0.1) is 12.7 Å². The fraction of sp³-hybridized carbons (Fsp3) is 0.300. The minimum atomic E-state index is -4.92. The summed E-state index contributed by atoms with van der Waals surface area (Å²) >= 11 is 0. The molecule has 1 aromatic carbocycles. The average molecular weight is 272 g/mol. The lowest BCUT2D eigenvalue weighted by atomic mass is 10.1. The minimum Gasteiger partial charge on any atom is -0.493 e. The monoisotopic (exact) mass is 272 g/mol. The second-order valence-corrected chi connectivity index (χ2v) is 3.17. The molecule has 0 spiro atoms. The van der Waals surface area contributed by atoms with E-state index in [0.29, 0.717) is 12.1 Å². The van der Waals surface area contributed by atoms with Gasteiger partial charge >= 0.3 is 12.6 Å². The van der Waals surface area contributed by atoms with Gasteiger partial charge in [-0.2, -0.15) is 13.2 Å². The van der Waals surface area contributed by atoms with Gasteiger partial charge in [0, 0.05) is 0 Å². The highest BCUT2D eigenvalue weighted by Crippen LogP contribution is 2.38. The molecule has 0 heterocycles. The summed E-state index contributed by atoms with van der Waals surface area (Å²) in [4.78, 5) is 10.9. The van der Waals surface area contributed by atoms with Crippen molar-refractivity contribution < 1.29 is 35.9 Å². The minimum absolute atomic E-state index is 0.317. The molecule has 1 aromatic rings. The van der Waals surface area contributed by atoms with Crippen LogP contribution in [0.25, 0.3) is 0 Å². The summed E-state index contributed by atoms with van der Waals surface area (Å²) in [5.41, 5.74) is -2.62. The summed E-state index contributed by atoms with van der Waals surface area (Å²) in [5.74, 6) is -4.94. The number of ketones is 1. The molecule has 0 saturated heterocycles. The van der Waals surface area contributed by atoms with E-state index in [9.17, 15) is 31.1 Å². The molecule has 0 aliphatic carbocycles. The molecule has 2 nitrogen and oxygen atoms in total. The van der Waals surface area contributed by atoms with E-state index in [1.807, 2.05) is 0 Å². The molecule has 0 atom stereocenters. The predicted molar refractivity (Wildman–Crippen MR) is 48.3 cm³/mol. The van der Waals surface area contributed by atoms with Crippen molar-refractivity contribution in [1.29, 1.82) is 0 Å². The molecular formula is C10H6F6O2. The summed E-state index contributed by atoms with van der Waals surface area (Å²) in [6.07, 6.45) is -8.43. The van der Waals surface area contributed by atoms with E-state index < -0.39 is 41.1 Å². The van der Waals surface area contributed by atoms with Crippen LogP contribution in [0.15, 0.2) is 12.1 Å². The van der Waals surface area contributed by atoms with Crippen molar-refractivity contribution in [1.82, 2.24) is 0 Å². The molecule has 0 aliphatic rings. The highest BCUT2D eigenvalue weighted by atomic mass is 19.4. The zero-order valence-electron chi connectivity index (χ0n) is 8.82. The SMILES string of the molecule is COc1c(C(F)(F)F)ccc(C(=O)C(F)F)c1F. The van der Waals surface area contributed by atoms with Crippen LogP contribution >= 0.6 is 0 Å². The largest absolute Gasteiger partial charge is 0.493 e. The Kier molecular flexibility index (Phi) is 3.88. The van der Waals surface area contributed by atoms with E-state index in [1.54, 1.807) is 0 Å². The zero-order valence-corrected chi connectivity index (χ0v) is 8.82. The van der Waals surface area contributed by atoms with Crippen molar-refractivity contribution in [2.45, 2.75) is 12.6 Å². The number of rotatable bonds is 3. The Morgan fingerprint density at radius 2 is 1.83 bits per heavy atom. The molecule has 100 valence electrons. The lowest BCUT2D eigenvalue weighted by Crippen LogP contribution is -2.16. The van der Waals surface area contributed by atoms with E-state index in [1.165, 1.54) is 0 Å². The molecule has 0 N–H and O–H groups in total. The molecule has 18 heavy (non-hydrogen) atoms. The number of hydrogen-bond donors (Lipinski definition) is 0. The Morgan fingerprint density at radius 3 is 2.22 bits per heavy atom. The number of benzene rings is 1. The second kappa shape index (κ2) is 4.87. The van der Waals surface area contributed by atoms with E-state index in [4.69, 9.17) is 0 Å². The Labute approximate surface area is 97.2 Å². The first-order valence-electron chi connectivity index (χ1n) is 4.46. The first-order chi connectivity index (χ1) is 8.20. The van der Waals surface area contributed by atoms with Gasteiger partial charge in [-0.05, 0) is 12.1 Å². The Morgan fingerprint density at radius 1 is 1.28 bits per heavy atom. The van der Waals surface area contributed by atoms with Gasteiger partial charge in [-0.25, -0.2) is 13.2 Å². The van der Waals surface area contributed by atoms with Crippen molar-refractivity contribution in [2.75, 3.05) is 7.11 Å². The van der Waals surface area contributed by atoms with Crippen LogP contribution in [0, 0.1) is 5.82 Å². The van der Waals surface area contributed by atoms with Gasteiger partial charge in [0.15, 0.2) is 11.6 Å². The van der Waals surface area contributed by atoms with Crippen LogP contribution < -0.4 is 4.74 Å². The van der Waals surface area contributed by atoms with E-state index >= 15 is 0 Å². The smallest absolute Gasteiger partial charge is 0.420 e. The molecule has 0 fully saturated rings. The zero-order chi connectivity index (χ0) is 14.1. The molecule has 0 unspecified atom stereocenters. The maximum atomic E-state index is 13.5. The van der Waals surface area contributed by atoms with Crippen LogP contribution in [-0.4, -0.2) is 19.3 Å². The molecule has 0 radical (unpaired) electrons. The van der Waals surface area contributed by atoms with Crippen LogP contribution in [0.4, 0.5) is 26.3 Å². The summed E-state index contributed by atoms with van der Waals surface area (Å²) in [7, 11) is 0.740. The number of carbonyl (C=O) groups is 1. The Balaban J connectivity index is 3.43. The van der Waals surface area contributed by atoms with Gasteiger partial charge in [-0.1, -0.05) is 0 Å². The fourth-order valence-electron chi connectivity index (χ4n) is 1.29. The number of hydrogen-bond acceptors (Lipinski definition) is 2. The second-order valence-electron chi connectivity index (χ2n) is 3.17. The van der Waals surface area contributed by atoms with Crippen LogP contribution in [-0.2, 0) is 6.18 Å². The molecule has 0 saturated carbocycles. The third-order valence-corrected chi connectivity index (χ3v) is 2.07. The highest BCUT2D eigenvalue weighted by molar-refractivity contribution is 5.99. The lowest BCUT2D eigenvalue weighted by molar-refractivity contribution is -0.139. The van der Waals surface area contributed by atoms with E-state index in [-0.39, 0.29) is 0 Å². The standard InChI is InChI=1S/C10H6F6O2/c1-18-8-5(10(14,15)16)3-2-4(6(8)11)7(17)9(12)13/h2-3,9H,1H3. The third-order valence-electron chi connectivity index (χ3n) is 2.07. The first kappa shape index (κ1) is 14.3. The van der Waals surface area contributed by atoms with E-state index in [2.05, 4.69) is 4.74 Å². The molecular weight excluding hydrogens is 266 g/mol. The van der Waals surface area contributed by atoms with Crippen molar-refractivity contribution in [3.05, 3.63) is 29.1 Å². The molecule has 0 bridgehead atoms. The van der Waals surface area contributed by atoms with Crippen LogP contribution in [0.5, 0.6) is 5.75 Å². The van der Waals surface area contributed by atoms with Crippen molar-refractivity contribution in [2.24, 2.45) is 0 Å². The summed E-state index contributed by atoms with van der Waals surface area (Å²) < 4.78 is 79.1. The highest BCUT2D eigenvalue weighted by Gasteiger charge is 2.37. The summed E-state index contributed by atoms with van der Waals surface area (Å²) in [5, 5.41) is 0. The van der Waals surface area contributed by atoms with Gasteiger partial charge in [0.2, 0.25) is 5.78 Å². The van der Waals surface area contributed by atoms with Gasteiger partial charge < -0.3 is 4.74 Å². The summed E-state index contributed by atoms with van der Waals surface area (Å²) in [6, 6.07) is 0.673. The number of halogens is 6. The number of carbonyl (C=O) groups excluding carboxylic acids is 1. The van der Waals surface area contributed by atoms with Gasteiger partial charge in [-0.3, -0.25) is 4.79 Å². The molecule has 0 aliphatic heterocycles. The average Bonchev–Trinajstić information content (AvgIpc) is 2.26. The van der Waals surface area contributed by atoms with Crippen molar-refractivity contribution in [3.8, 4) is 5.75 Å². The van der Waals surface area contributed by atoms with Crippen LogP contribution in [0.2, 0.25) is 0 Å². The number of Topliss-reactive ketones (excluding diaryl/α,β-unsaturated/α-hetero) is 1.